The second-order valence-corrected chi connectivity index (χ2v) is 7.92. The highest BCUT2D eigenvalue weighted by Gasteiger charge is 2.34. The highest BCUT2D eigenvalue weighted by Crippen LogP contribution is 2.35. The third kappa shape index (κ3) is 3.68. The van der Waals surface area contributed by atoms with Crippen LogP contribution in [-0.2, 0) is 9.59 Å². The quantitative estimate of drug-likeness (QED) is 0.834. The molecule has 0 radical (unpaired) electrons. The van der Waals surface area contributed by atoms with Gasteiger partial charge in [-0.2, -0.15) is 0 Å². The zero-order valence-corrected chi connectivity index (χ0v) is 15.8. The molecule has 0 aliphatic carbocycles. The van der Waals surface area contributed by atoms with Crippen LogP contribution in [0.15, 0.2) is 24.3 Å². The van der Waals surface area contributed by atoms with Crippen LogP contribution in [0.25, 0.3) is 10.1 Å². The Morgan fingerprint density at radius 3 is 2.77 bits per heavy atom. The summed E-state index contributed by atoms with van der Waals surface area (Å²) in [6, 6.07) is 6.58. The molecule has 1 saturated heterocycles. The Labute approximate surface area is 159 Å². The summed E-state index contributed by atoms with van der Waals surface area (Å²) in [5.41, 5.74) is 0. The van der Waals surface area contributed by atoms with Crippen LogP contribution in [0.1, 0.15) is 29.4 Å². The van der Waals surface area contributed by atoms with Crippen LogP contribution in [-0.4, -0.2) is 46.9 Å². The first kappa shape index (κ1) is 18.7. The van der Waals surface area contributed by atoms with Gasteiger partial charge in [0.15, 0.2) is 0 Å². The van der Waals surface area contributed by atoms with E-state index in [0.717, 1.165) is 16.5 Å². The molecule has 1 aliphatic rings. The molecule has 0 saturated carbocycles. The Morgan fingerprint density at radius 2 is 2.08 bits per heavy atom. The summed E-state index contributed by atoms with van der Waals surface area (Å²) in [7, 11) is 0. The number of fused-ring (bicyclic) bond motifs is 1. The van der Waals surface area contributed by atoms with Crippen molar-refractivity contribution in [3.63, 3.8) is 0 Å². The third-order valence-electron chi connectivity index (χ3n) is 4.61. The lowest BCUT2D eigenvalue weighted by Crippen LogP contribution is -2.52. The molecular weight excluding hydrogens is 376 g/mol. The number of hydrogen-bond donors (Lipinski definition) is 2. The first-order chi connectivity index (χ1) is 12.4. The molecule has 0 bridgehead atoms. The number of thiophene rings is 1. The van der Waals surface area contributed by atoms with Gasteiger partial charge in [0, 0.05) is 16.6 Å². The van der Waals surface area contributed by atoms with Gasteiger partial charge in [-0.1, -0.05) is 36.7 Å². The summed E-state index contributed by atoms with van der Waals surface area (Å²) in [5.74, 6) is -1.58. The highest BCUT2D eigenvalue weighted by molar-refractivity contribution is 7.21. The van der Waals surface area contributed by atoms with Gasteiger partial charge < -0.3 is 15.3 Å². The fourth-order valence-corrected chi connectivity index (χ4v) is 4.61. The fourth-order valence-electron chi connectivity index (χ4n) is 3.17. The number of nitrogens with one attached hydrogen (secondary N) is 1. The Morgan fingerprint density at radius 1 is 1.35 bits per heavy atom. The number of aliphatic carboxylic acids is 1. The van der Waals surface area contributed by atoms with E-state index < -0.39 is 23.8 Å². The van der Waals surface area contributed by atoms with E-state index in [2.05, 4.69) is 5.32 Å². The maximum atomic E-state index is 12.4. The minimum Gasteiger partial charge on any atom is -0.480 e. The summed E-state index contributed by atoms with van der Waals surface area (Å²) in [5, 5.41) is 13.1. The number of carboxylic acid groups (broad SMARTS) is 1. The molecule has 2 unspecified atom stereocenters. The molecule has 8 heteroatoms. The molecule has 2 aromatic rings. The molecule has 2 amide bonds. The number of halogens is 1. The highest BCUT2D eigenvalue weighted by atomic mass is 35.5. The number of rotatable bonds is 4. The van der Waals surface area contributed by atoms with E-state index in [1.165, 1.54) is 16.2 Å². The molecule has 138 valence electrons. The van der Waals surface area contributed by atoms with Crippen molar-refractivity contribution in [2.45, 2.75) is 25.8 Å². The lowest BCUT2D eigenvalue weighted by atomic mass is 9.92. The van der Waals surface area contributed by atoms with Crippen molar-refractivity contribution < 1.29 is 19.5 Å². The molecule has 0 spiro atoms. The number of piperidine rings is 1. The maximum Gasteiger partial charge on any atom is 0.326 e. The molecule has 1 fully saturated rings. The average molecular weight is 395 g/mol. The topological polar surface area (TPSA) is 86.7 Å². The van der Waals surface area contributed by atoms with Gasteiger partial charge >= 0.3 is 5.97 Å². The number of hydrogen-bond acceptors (Lipinski definition) is 4. The molecule has 3 rings (SSSR count). The van der Waals surface area contributed by atoms with Gasteiger partial charge in [0.05, 0.1) is 11.6 Å². The molecule has 26 heavy (non-hydrogen) atoms. The van der Waals surface area contributed by atoms with Crippen molar-refractivity contribution in [3.05, 3.63) is 34.2 Å². The number of carbonyl (C=O) groups is 3. The van der Waals surface area contributed by atoms with Gasteiger partial charge in [-0.15, -0.1) is 11.3 Å². The second-order valence-electron chi connectivity index (χ2n) is 6.49. The summed E-state index contributed by atoms with van der Waals surface area (Å²) in [4.78, 5) is 38.0. The predicted octanol–water partition coefficient (Wildman–Crippen LogP) is 3.00. The van der Waals surface area contributed by atoms with Crippen LogP contribution in [0.4, 0.5) is 0 Å². The van der Waals surface area contributed by atoms with Crippen LogP contribution in [0.3, 0.4) is 0 Å². The summed E-state index contributed by atoms with van der Waals surface area (Å²) in [6.45, 7) is 2.11. The number of benzene rings is 1. The van der Waals surface area contributed by atoms with Crippen LogP contribution >= 0.6 is 22.9 Å². The molecule has 1 aromatic carbocycles. The van der Waals surface area contributed by atoms with Gasteiger partial charge in [0.25, 0.3) is 5.91 Å². The minimum absolute atomic E-state index is 0.248. The van der Waals surface area contributed by atoms with Gasteiger partial charge in [-0.05, 0) is 24.8 Å². The van der Waals surface area contributed by atoms with Crippen molar-refractivity contribution in [1.82, 2.24) is 10.2 Å². The first-order valence-electron chi connectivity index (χ1n) is 8.36. The fraction of sp³-hybridized carbons (Fsp3) is 0.389. The first-order valence-corrected chi connectivity index (χ1v) is 9.55. The normalized spacial score (nSPS) is 20.2. The largest absolute Gasteiger partial charge is 0.480 e. The van der Waals surface area contributed by atoms with Crippen LogP contribution in [0.5, 0.6) is 0 Å². The summed E-state index contributed by atoms with van der Waals surface area (Å²) in [6.07, 6.45) is 1.18. The van der Waals surface area contributed by atoms with Gasteiger partial charge in [0.1, 0.15) is 10.9 Å². The molecule has 1 aliphatic heterocycles. The minimum atomic E-state index is -1.01. The molecule has 6 nitrogen and oxygen atoms in total. The predicted molar refractivity (Wildman–Crippen MR) is 101 cm³/mol. The number of likely N-dealkylation sites (tertiary alicyclic amines) is 1. The number of nitrogens with zero attached hydrogens (tertiary/aromatic N) is 1. The Hall–Kier alpha value is -2.12. The maximum absolute atomic E-state index is 12.4. The van der Waals surface area contributed by atoms with Crippen molar-refractivity contribution >= 4 is 50.8 Å². The standard InChI is InChI=1S/C18H19ClN2O4S/c1-10-6-7-21(12(8-10)18(24)25)14(22)9-20-17(23)16-15(19)11-4-2-3-5-13(11)26-16/h2-5,10,12H,6-9H2,1H3,(H,20,23)(H,24,25). The van der Waals surface area contributed by atoms with E-state index in [9.17, 15) is 19.5 Å². The van der Waals surface area contributed by atoms with Crippen molar-refractivity contribution in [2.75, 3.05) is 13.1 Å². The molecule has 2 N–H and O–H groups in total. The lowest BCUT2D eigenvalue weighted by molar-refractivity contribution is -0.152. The van der Waals surface area contributed by atoms with Crippen molar-refractivity contribution in [1.29, 1.82) is 0 Å². The average Bonchev–Trinajstić information content (AvgIpc) is 2.96. The van der Waals surface area contributed by atoms with E-state index in [0.29, 0.717) is 22.9 Å². The van der Waals surface area contributed by atoms with Gasteiger partial charge in [-0.3, -0.25) is 9.59 Å². The van der Waals surface area contributed by atoms with Crippen LogP contribution < -0.4 is 5.32 Å². The van der Waals surface area contributed by atoms with Gasteiger partial charge in [-0.25, -0.2) is 4.79 Å². The lowest BCUT2D eigenvalue weighted by Gasteiger charge is -2.36. The van der Waals surface area contributed by atoms with Crippen LogP contribution in [0.2, 0.25) is 5.02 Å². The third-order valence-corrected chi connectivity index (χ3v) is 6.29. The summed E-state index contributed by atoms with van der Waals surface area (Å²) >= 11 is 7.54. The zero-order valence-electron chi connectivity index (χ0n) is 14.2. The Kier molecular flexibility index (Phi) is 5.48. The van der Waals surface area contributed by atoms with Gasteiger partial charge in [0.2, 0.25) is 5.91 Å². The molecule has 2 atom stereocenters. The van der Waals surface area contributed by atoms with E-state index >= 15 is 0 Å². The Balaban J connectivity index is 1.67. The van der Waals surface area contributed by atoms with E-state index in [1.54, 1.807) is 0 Å². The molecular formula is C18H19ClN2O4S. The number of carbonyl (C=O) groups excluding carboxylic acids is 2. The van der Waals surface area contributed by atoms with E-state index in [4.69, 9.17) is 11.6 Å². The number of carboxylic acids is 1. The van der Waals surface area contributed by atoms with E-state index in [1.807, 2.05) is 31.2 Å². The van der Waals surface area contributed by atoms with Crippen molar-refractivity contribution in [2.24, 2.45) is 5.92 Å². The zero-order chi connectivity index (χ0) is 18.8. The van der Waals surface area contributed by atoms with E-state index in [-0.39, 0.29) is 12.5 Å². The van der Waals surface area contributed by atoms with Crippen molar-refractivity contribution in [3.8, 4) is 0 Å². The monoisotopic (exact) mass is 394 g/mol. The smallest absolute Gasteiger partial charge is 0.326 e. The number of amides is 2. The summed E-state index contributed by atoms with van der Waals surface area (Å²) < 4.78 is 0.893. The Bertz CT molecular complexity index is 866. The molecule has 1 aromatic heterocycles. The molecule has 2 heterocycles. The SMILES string of the molecule is CC1CCN(C(=O)CNC(=O)c2sc3ccccc3c2Cl)C(C(=O)O)C1. The second kappa shape index (κ2) is 7.63. The van der Waals surface area contributed by atoms with Crippen LogP contribution in [0, 0.1) is 5.92 Å².